The van der Waals surface area contributed by atoms with Gasteiger partial charge in [0.05, 0.1) is 25.0 Å². The number of alkyl halides is 3. The summed E-state index contributed by atoms with van der Waals surface area (Å²) < 4.78 is 57.1. The number of carbonyl (C=O) groups is 2. The minimum atomic E-state index is -5.08. The molecule has 1 saturated carbocycles. The Morgan fingerprint density at radius 2 is 1.76 bits per heavy atom. The number of aliphatic carboxylic acids is 1. The van der Waals surface area contributed by atoms with E-state index in [0.717, 1.165) is 68.2 Å². The number of fused-ring (bicyclic) bond motifs is 1. The van der Waals surface area contributed by atoms with Crippen LogP contribution in [-0.2, 0) is 22.6 Å². The van der Waals surface area contributed by atoms with Crippen LogP contribution in [0.1, 0.15) is 50.4 Å². The maximum atomic E-state index is 14.3. The number of aromatic nitrogens is 2. The van der Waals surface area contributed by atoms with Crippen LogP contribution in [-0.4, -0.2) is 76.9 Å². The number of methoxy groups -OCH3 is 1. The number of piperidine rings is 1. The molecular weight excluding hydrogens is 550 g/mol. The Morgan fingerprint density at radius 3 is 2.29 bits per heavy atom. The maximum Gasteiger partial charge on any atom is 0.490 e. The van der Waals surface area contributed by atoms with E-state index in [9.17, 15) is 22.4 Å². The van der Waals surface area contributed by atoms with E-state index in [1.54, 1.807) is 19.1 Å². The Kier molecular flexibility index (Phi) is 9.38. The Labute approximate surface area is 234 Å². The molecule has 2 fully saturated rings. The lowest BCUT2D eigenvalue weighted by atomic mass is 9.93. The van der Waals surface area contributed by atoms with E-state index in [4.69, 9.17) is 29.3 Å². The molecule has 0 atom stereocenters. The summed E-state index contributed by atoms with van der Waals surface area (Å²) in [6.07, 6.45) is 0.624. The lowest BCUT2D eigenvalue weighted by Gasteiger charge is -2.36. The molecule has 1 aromatic carbocycles. The van der Waals surface area contributed by atoms with Crippen LogP contribution in [0.25, 0.3) is 0 Å². The van der Waals surface area contributed by atoms with Crippen molar-refractivity contribution in [2.45, 2.75) is 70.3 Å². The number of rotatable bonds is 6. The highest BCUT2D eigenvalue weighted by molar-refractivity contribution is 5.74. The fourth-order valence-corrected chi connectivity index (χ4v) is 4.72. The topological polar surface area (TPSA) is 117 Å². The number of ether oxygens (including phenoxy) is 2. The van der Waals surface area contributed by atoms with Crippen molar-refractivity contribution in [3.63, 3.8) is 0 Å². The van der Waals surface area contributed by atoms with E-state index < -0.39 is 18.0 Å². The van der Waals surface area contributed by atoms with Gasteiger partial charge in [0.1, 0.15) is 11.9 Å². The van der Waals surface area contributed by atoms with E-state index in [1.165, 1.54) is 19.6 Å². The van der Waals surface area contributed by atoms with E-state index in [-0.39, 0.29) is 17.8 Å². The number of carboxylic acid groups (broad SMARTS) is 1. The summed E-state index contributed by atoms with van der Waals surface area (Å²) in [7, 11) is 1.52. The van der Waals surface area contributed by atoms with Gasteiger partial charge in [-0.2, -0.15) is 13.2 Å². The maximum absolute atomic E-state index is 14.3. The fourth-order valence-electron chi connectivity index (χ4n) is 4.72. The Balaban J connectivity index is 0.000000493. The van der Waals surface area contributed by atoms with Crippen molar-refractivity contribution in [3.05, 3.63) is 35.4 Å². The molecule has 1 aliphatic carbocycles. The SMILES string of the molecule is COc1ccc(OC2CCN(c3nc4c(nc3NC3CCC3)CN(C(C)=O)CC4)CC2)c(F)c1.O=C(O)C(F)(F)F. The van der Waals surface area contributed by atoms with Gasteiger partial charge in [0, 0.05) is 57.9 Å². The number of anilines is 2. The van der Waals surface area contributed by atoms with Crippen molar-refractivity contribution in [2.24, 2.45) is 0 Å². The molecule has 3 heterocycles. The van der Waals surface area contributed by atoms with Crippen molar-refractivity contribution in [2.75, 3.05) is 37.0 Å². The van der Waals surface area contributed by atoms with Crippen molar-refractivity contribution < 1.29 is 41.7 Å². The van der Waals surface area contributed by atoms with Crippen LogP contribution in [0.15, 0.2) is 18.2 Å². The molecule has 2 aromatic rings. The Hall–Kier alpha value is -3.84. The Bertz CT molecular complexity index is 1250. The summed E-state index contributed by atoms with van der Waals surface area (Å²) in [5.74, 6) is -0.661. The first kappa shape index (κ1) is 30.1. The summed E-state index contributed by atoms with van der Waals surface area (Å²) in [5, 5.41) is 10.7. The van der Waals surface area contributed by atoms with Gasteiger partial charge < -0.3 is 29.7 Å². The summed E-state index contributed by atoms with van der Waals surface area (Å²) in [6.45, 7) is 4.31. The van der Waals surface area contributed by atoms with Gasteiger partial charge in [-0.15, -0.1) is 0 Å². The van der Waals surface area contributed by atoms with Gasteiger partial charge in [0.15, 0.2) is 23.2 Å². The van der Waals surface area contributed by atoms with Gasteiger partial charge in [0.2, 0.25) is 5.91 Å². The van der Waals surface area contributed by atoms with Crippen LogP contribution in [0.3, 0.4) is 0 Å². The molecule has 0 bridgehead atoms. The van der Waals surface area contributed by atoms with Gasteiger partial charge in [-0.3, -0.25) is 4.79 Å². The standard InChI is InChI=1S/C25H32FN5O3.C2HF3O2/c1-16(32)31-13-10-21-22(15-31)28-24(27-17-4-3-5-17)25(29-21)30-11-8-18(9-12-30)34-23-7-6-19(33-2)14-20(23)26;3-2(4,5)1(6)7/h6-7,14,17-18H,3-5,8-13,15H2,1-2H3,(H,27,28);(H,6,7). The molecule has 10 nitrogen and oxygen atoms in total. The van der Waals surface area contributed by atoms with Gasteiger partial charge in [-0.05, 0) is 31.4 Å². The zero-order valence-electron chi connectivity index (χ0n) is 22.8. The van der Waals surface area contributed by atoms with Crippen molar-refractivity contribution in [1.82, 2.24) is 14.9 Å². The van der Waals surface area contributed by atoms with Crippen LogP contribution in [0.4, 0.5) is 29.2 Å². The molecule has 0 unspecified atom stereocenters. The molecule has 3 aliphatic rings. The first-order chi connectivity index (χ1) is 19.4. The van der Waals surface area contributed by atoms with Crippen LogP contribution in [0.2, 0.25) is 0 Å². The largest absolute Gasteiger partial charge is 0.497 e. The summed E-state index contributed by atoms with van der Waals surface area (Å²) in [6, 6.07) is 5.11. The summed E-state index contributed by atoms with van der Waals surface area (Å²) in [4.78, 5) is 34.8. The lowest BCUT2D eigenvalue weighted by Crippen LogP contribution is -2.41. The van der Waals surface area contributed by atoms with Gasteiger partial charge in [-0.1, -0.05) is 0 Å². The molecule has 2 N–H and O–H groups in total. The molecule has 5 rings (SSSR count). The number of hydrogen-bond acceptors (Lipinski definition) is 8. The second-order valence-corrected chi connectivity index (χ2v) is 10.2. The smallest absolute Gasteiger partial charge is 0.490 e. The molecule has 0 spiro atoms. The number of nitrogens with zero attached hydrogens (tertiary/aromatic N) is 4. The average molecular weight is 584 g/mol. The van der Waals surface area contributed by atoms with E-state index in [2.05, 4.69) is 10.2 Å². The minimum absolute atomic E-state index is 0.0584. The predicted octanol–water partition coefficient (Wildman–Crippen LogP) is 4.17. The number of amides is 1. The third-order valence-electron chi connectivity index (χ3n) is 7.30. The molecule has 1 amide bonds. The molecule has 41 heavy (non-hydrogen) atoms. The second kappa shape index (κ2) is 12.8. The van der Waals surface area contributed by atoms with Crippen molar-refractivity contribution in [3.8, 4) is 11.5 Å². The van der Waals surface area contributed by atoms with E-state index >= 15 is 0 Å². The van der Waals surface area contributed by atoms with Crippen LogP contribution in [0, 0.1) is 5.82 Å². The zero-order valence-corrected chi connectivity index (χ0v) is 22.8. The van der Waals surface area contributed by atoms with Crippen LogP contribution in [0.5, 0.6) is 11.5 Å². The number of carbonyl (C=O) groups excluding carboxylic acids is 1. The molecule has 14 heteroatoms. The summed E-state index contributed by atoms with van der Waals surface area (Å²) in [5.41, 5.74) is 1.87. The van der Waals surface area contributed by atoms with Gasteiger partial charge >= 0.3 is 12.1 Å². The third-order valence-corrected chi connectivity index (χ3v) is 7.30. The van der Waals surface area contributed by atoms with E-state index in [1.807, 2.05) is 4.90 Å². The quantitative estimate of drug-likeness (QED) is 0.483. The molecule has 1 aromatic heterocycles. The third kappa shape index (κ3) is 7.67. The number of halogens is 4. The van der Waals surface area contributed by atoms with Crippen molar-refractivity contribution in [1.29, 1.82) is 0 Å². The van der Waals surface area contributed by atoms with E-state index in [0.29, 0.717) is 24.9 Å². The van der Waals surface area contributed by atoms with Crippen LogP contribution < -0.4 is 19.7 Å². The van der Waals surface area contributed by atoms with Crippen LogP contribution >= 0.6 is 0 Å². The van der Waals surface area contributed by atoms with Gasteiger partial charge in [-0.25, -0.2) is 19.2 Å². The van der Waals surface area contributed by atoms with Crippen molar-refractivity contribution >= 4 is 23.5 Å². The predicted molar refractivity (Wildman–Crippen MR) is 141 cm³/mol. The second-order valence-electron chi connectivity index (χ2n) is 10.2. The first-order valence-electron chi connectivity index (χ1n) is 13.4. The number of benzene rings is 1. The number of carboxylic acids is 1. The molecule has 1 saturated heterocycles. The highest BCUT2D eigenvalue weighted by Crippen LogP contribution is 2.33. The monoisotopic (exact) mass is 583 g/mol. The van der Waals surface area contributed by atoms with Gasteiger partial charge in [0.25, 0.3) is 0 Å². The minimum Gasteiger partial charge on any atom is -0.497 e. The summed E-state index contributed by atoms with van der Waals surface area (Å²) >= 11 is 0. The average Bonchev–Trinajstić information content (AvgIpc) is 2.91. The first-order valence-corrected chi connectivity index (χ1v) is 13.4. The highest BCUT2D eigenvalue weighted by atomic mass is 19.4. The normalized spacial score (nSPS) is 17.5. The number of nitrogens with one attached hydrogen (secondary N) is 1. The zero-order chi connectivity index (χ0) is 29.7. The fraction of sp³-hybridized carbons (Fsp3) is 0.556. The molecular formula is C27H33F4N5O5. The molecule has 2 aliphatic heterocycles. The lowest BCUT2D eigenvalue weighted by molar-refractivity contribution is -0.192. The highest BCUT2D eigenvalue weighted by Gasteiger charge is 2.38. The molecule has 0 radical (unpaired) electrons. The Morgan fingerprint density at radius 1 is 1.07 bits per heavy atom. The number of hydrogen-bond donors (Lipinski definition) is 2. The molecule has 224 valence electrons.